The number of piperidine rings is 3. The van der Waals surface area contributed by atoms with Crippen LogP contribution in [0.5, 0.6) is 5.75 Å². The van der Waals surface area contributed by atoms with Crippen LogP contribution in [0.1, 0.15) is 64.1 Å². The minimum absolute atomic E-state index is 0.0513. The highest BCUT2D eigenvalue weighted by atomic mass is 16.5. The van der Waals surface area contributed by atoms with E-state index >= 15 is 0 Å². The van der Waals surface area contributed by atoms with Crippen molar-refractivity contribution in [1.29, 1.82) is 0 Å². The molecule has 4 fully saturated rings. The van der Waals surface area contributed by atoms with Crippen molar-refractivity contribution in [3.05, 3.63) is 42.2 Å². The van der Waals surface area contributed by atoms with Gasteiger partial charge in [-0.15, -0.1) is 10.2 Å². The molecule has 3 N–H and O–H groups in total. The zero-order valence-corrected chi connectivity index (χ0v) is 30.7. The average Bonchev–Trinajstić information content (AvgIpc) is 3.64. The van der Waals surface area contributed by atoms with Crippen molar-refractivity contribution >= 4 is 23.3 Å². The van der Waals surface area contributed by atoms with E-state index in [2.05, 4.69) is 51.2 Å². The maximum absolute atomic E-state index is 11.7. The Kier molecular flexibility index (Phi) is 10.3. The van der Waals surface area contributed by atoms with Gasteiger partial charge in [-0.25, -0.2) is 0 Å². The number of aliphatic carboxylic acids is 1. The van der Waals surface area contributed by atoms with E-state index in [0.29, 0.717) is 35.1 Å². The molecule has 0 bridgehead atoms. The number of nitrogens with one attached hydrogen (secondary N) is 1. The SMILES string of the molecule is CC(C)C(C(=O)O)c1cc(N2CCC(N3CCC(N4CCC(CN5CCN6c7cc(-c8ccccc8O)nnc7NC[C@H]6C5)CC4)CC3)CC2)no1. The predicted molar refractivity (Wildman–Crippen MR) is 201 cm³/mol. The fourth-order valence-electron chi connectivity index (χ4n) is 9.59. The van der Waals surface area contributed by atoms with Crippen LogP contribution in [0.4, 0.5) is 17.3 Å². The van der Waals surface area contributed by atoms with Gasteiger partial charge in [0.25, 0.3) is 0 Å². The van der Waals surface area contributed by atoms with Crippen LogP contribution in [-0.2, 0) is 4.79 Å². The van der Waals surface area contributed by atoms with Gasteiger partial charge in [-0.1, -0.05) is 31.1 Å². The molecule has 0 saturated carbocycles. The van der Waals surface area contributed by atoms with Crippen LogP contribution in [0.15, 0.2) is 40.9 Å². The van der Waals surface area contributed by atoms with Crippen molar-refractivity contribution in [2.24, 2.45) is 11.8 Å². The third-order valence-corrected chi connectivity index (χ3v) is 12.6. The Morgan fingerprint density at radius 1 is 0.885 bits per heavy atom. The van der Waals surface area contributed by atoms with Gasteiger partial charge < -0.3 is 39.7 Å². The molecule has 5 aliphatic rings. The highest BCUT2D eigenvalue weighted by molar-refractivity contribution is 5.77. The number of piperazine rings is 1. The number of hydrogen-bond acceptors (Lipinski definition) is 12. The lowest BCUT2D eigenvalue weighted by Gasteiger charge is -2.47. The fourth-order valence-corrected chi connectivity index (χ4v) is 9.59. The summed E-state index contributed by atoms with van der Waals surface area (Å²) in [5.74, 6) is 1.48. The molecule has 0 radical (unpaired) electrons. The Balaban J connectivity index is 0.761. The van der Waals surface area contributed by atoms with E-state index in [1.54, 1.807) is 6.07 Å². The average molecular weight is 714 g/mol. The Morgan fingerprint density at radius 3 is 2.27 bits per heavy atom. The summed E-state index contributed by atoms with van der Waals surface area (Å²) in [6, 6.07) is 13.0. The molecule has 13 heteroatoms. The normalized spacial score (nSPS) is 23.7. The number of rotatable bonds is 9. The number of anilines is 3. The number of benzene rings is 1. The number of phenols is 1. The molecule has 0 amide bonds. The topological polar surface area (TPSA) is 138 Å². The standard InChI is InChI=1S/C39H55N9O4/c1-26(2)37(39(50)51)35-22-36(43-52-35)47-17-11-29(12-18-47)46-15-9-28(10-16-46)45-13-7-27(8-14-45)24-44-19-20-48-30(25-44)23-40-38-33(48)21-32(41-42-38)31-5-3-4-6-34(31)49/h3-6,21-22,26-30,37,49H,7-20,23-25H2,1-2H3,(H,40,42)(H,50,51)/t30-,37?/m0/s1. The second-order valence-corrected chi connectivity index (χ2v) is 16.1. The van der Waals surface area contributed by atoms with Crippen LogP contribution in [0.25, 0.3) is 11.3 Å². The van der Waals surface area contributed by atoms with Gasteiger partial charge in [0, 0.05) is 69.5 Å². The first-order valence-electron chi connectivity index (χ1n) is 19.6. The van der Waals surface area contributed by atoms with Crippen molar-refractivity contribution in [3.8, 4) is 17.0 Å². The van der Waals surface area contributed by atoms with Crippen molar-refractivity contribution in [2.45, 2.75) is 76.4 Å². The molecule has 52 heavy (non-hydrogen) atoms. The number of likely N-dealkylation sites (tertiary alicyclic amines) is 2. The van der Waals surface area contributed by atoms with Gasteiger partial charge >= 0.3 is 5.97 Å². The molecule has 5 aliphatic heterocycles. The van der Waals surface area contributed by atoms with E-state index in [1.165, 1.54) is 58.4 Å². The second kappa shape index (κ2) is 15.2. The zero-order chi connectivity index (χ0) is 35.8. The van der Waals surface area contributed by atoms with Crippen LogP contribution in [0.3, 0.4) is 0 Å². The molecule has 4 saturated heterocycles. The lowest BCUT2D eigenvalue weighted by atomic mass is 9.91. The first kappa shape index (κ1) is 35.1. The number of aromatic hydroxyl groups is 1. The van der Waals surface area contributed by atoms with Crippen molar-refractivity contribution in [1.82, 2.24) is 30.1 Å². The molecule has 2 aromatic heterocycles. The minimum atomic E-state index is -0.860. The van der Waals surface area contributed by atoms with Gasteiger partial charge in [0.15, 0.2) is 17.4 Å². The van der Waals surface area contributed by atoms with Crippen LogP contribution in [0.2, 0.25) is 0 Å². The summed E-state index contributed by atoms with van der Waals surface area (Å²) >= 11 is 0. The number of para-hydroxylation sites is 1. The van der Waals surface area contributed by atoms with E-state index < -0.39 is 11.9 Å². The summed E-state index contributed by atoms with van der Waals surface area (Å²) < 4.78 is 5.50. The van der Waals surface area contributed by atoms with Gasteiger partial charge in [-0.05, 0) is 94.7 Å². The molecule has 7 heterocycles. The van der Waals surface area contributed by atoms with Crippen molar-refractivity contribution < 1.29 is 19.5 Å². The highest BCUT2D eigenvalue weighted by Gasteiger charge is 2.36. The van der Waals surface area contributed by atoms with E-state index in [4.69, 9.17) is 4.52 Å². The Labute approximate surface area is 306 Å². The maximum Gasteiger partial charge on any atom is 0.314 e. The molecule has 1 aromatic carbocycles. The van der Waals surface area contributed by atoms with E-state index in [0.717, 1.165) is 75.4 Å². The molecule has 2 atom stereocenters. The quantitative estimate of drug-likeness (QED) is 0.289. The van der Waals surface area contributed by atoms with Gasteiger partial charge in [-0.2, -0.15) is 0 Å². The molecular formula is C39H55N9O4. The molecule has 13 nitrogen and oxygen atoms in total. The summed E-state index contributed by atoms with van der Waals surface area (Å²) in [7, 11) is 0. The minimum Gasteiger partial charge on any atom is -0.507 e. The van der Waals surface area contributed by atoms with Crippen molar-refractivity contribution in [3.63, 3.8) is 0 Å². The number of aromatic nitrogens is 3. The van der Waals surface area contributed by atoms with Gasteiger partial charge in [0.2, 0.25) is 0 Å². The molecule has 280 valence electrons. The second-order valence-electron chi connectivity index (χ2n) is 16.1. The summed E-state index contributed by atoms with van der Waals surface area (Å²) in [6.07, 6.45) is 7.32. The third-order valence-electron chi connectivity index (χ3n) is 12.6. The fraction of sp³-hybridized carbons (Fsp3) is 0.641. The highest BCUT2D eigenvalue weighted by Crippen LogP contribution is 2.37. The monoisotopic (exact) mass is 713 g/mol. The van der Waals surface area contributed by atoms with Crippen LogP contribution >= 0.6 is 0 Å². The van der Waals surface area contributed by atoms with Crippen molar-refractivity contribution in [2.75, 3.05) is 87.1 Å². The molecule has 8 rings (SSSR count). The molecule has 0 aliphatic carbocycles. The molecule has 0 spiro atoms. The molecule has 1 unspecified atom stereocenters. The summed E-state index contributed by atoms with van der Waals surface area (Å²) in [5, 5.41) is 36.7. The third kappa shape index (κ3) is 7.32. The first-order valence-corrected chi connectivity index (χ1v) is 19.6. The lowest BCUT2D eigenvalue weighted by Crippen LogP contribution is -2.58. The first-order chi connectivity index (χ1) is 25.3. The maximum atomic E-state index is 11.7. The van der Waals surface area contributed by atoms with Crippen LogP contribution < -0.4 is 15.1 Å². The number of carbonyl (C=O) groups is 1. The Bertz CT molecular complexity index is 1680. The largest absolute Gasteiger partial charge is 0.507 e. The van der Waals surface area contributed by atoms with E-state index in [9.17, 15) is 15.0 Å². The van der Waals surface area contributed by atoms with E-state index in [1.807, 2.05) is 38.1 Å². The number of fused-ring (bicyclic) bond motifs is 3. The summed E-state index contributed by atoms with van der Waals surface area (Å²) in [5.41, 5.74) is 2.51. The number of carboxylic acids is 1. The predicted octanol–water partition coefficient (Wildman–Crippen LogP) is 4.42. The van der Waals surface area contributed by atoms with Crippen LogP contribution in [-0.4, -0.2) is 136 Å². The smallest absolute Gasteiger partial charge is 0.314 e. The summed E-state index contributed by atoms with van der Waals surface area (Å²) in [4.78, 5) is 24.7. The lowest BCUT2D eigenvalue weighted by molar-refractivity contribution is -0.140. The number of hydrogen-bond donors (Lipinski definition) is 3. The number of phenolic OH excluding ortho intramolecular Hbond substituents is 1. The Hall–Kier alpha value is -3.94. The van der Waals surface area contributed by atoms with Gasteiger partial charge in [-0.3, -0.25) is 9.69 Å². The van der Waals surface area contributed by atoms with Crippen LogP contribution in [0, 0.1) is 11.8 Å². The Morgan fingerprint density at radius 2 is 1.58 bits per heavy atom. The molecule has 3 aromatic rings. The van der Waals surface area contributed by atoms with Gasteiger partial charge in [0.05, 0.1) is 17.4 Å². The summed E-state index contributed by atoms with van der Waals surface area (Å²) in [6.45, 7) is 15.6. The van der Waals surface area contributed by atoms with E-state index in [-0.39, 0.29) is 11.7 Å². The molecular weight excluding hydrogens is 658 g/mol. The zero-order valence-electron chi connectivity index (χ0n) is 30.7. The number of nitrogens with zero attached hydrogens (tertiary/aromatic N) is 8. The van der Waals surface area contributed by atoms with Gasteiger partial charge in [0.1, 0.15) is 11.7 Å². The number of carboxylic acid groups (broad SMARTS) is 1.